The van der Waals surface area contributed by atoms with Crippen molar-refractivity contribution in [3.8, 4) is 5.75 Å². The molecular weight excluding hydrogens is 319 g/mol. The number of benzene rings is 1. The van der Waals surface area contributed by atoms with Gasteiger partial charge in [0.1, 0.15) is 11.6 Å². The van der Waals surface area contributed by atoms with E-state index >= 15 is 0 Å². The Bertz CT molecular complexity index is 622. The highest BCUT2D eigenvalue weighted by Gasteiger charge is 2.20. The third-order valence-corrected chi connectivity index (χ3v) is 5.99. The lowest BCUT2D eigenvalue weighted by Crippen LogP contribution is -2.31. The topological polar surface area (TPSA) is 58.6 Å². The second-order valence-electron chi connectivity index (χ2n) is 5.76. The zero-order valence-corrected chi connectivity index (χ0v) is 14.5. The van der Waals surface area contributed by atoms with Gasteiger partial charge in [0.2, 0.25) is 10.0 Å². The van der Waals surface area contributed by atoms with Crippen LogP contribution in [0.2, 0.25) is 0 Å². The zero-order chi connectivity index (χ0) is 16.9. The molecule has 0 fully saturated rings. The Kier molecular flexibility index (Phi) is 6.38. The summed E-state index contributed by atoms with van der Waals surface area (Å²) in [5.74, 6) is 0.428. The van der Waals surface area contributed by atoms with Gasteiger partial charge in [-0.15, -0.1) is 0 Å². The third kappa shape index (κ3) is 4.89. The van der Waals surface area contributed by atoms with E-state index in [1.54, 1.807) is 20.0 Å². The van der Waals surface area contributed by atoms with Gasteiger partial charge in [-0.3, -0.25) is 0 Å². The van der Waals surface area contributed by atoms with Gasteiger partial charge in [0.25, 0.3) is 0 Å². The Morgan fingerprint density at radius 3 is 2.96 bits per heavy atom. The molecule has 1 aromatic rings. The fourth-order valence-electron chi connectivity index (χ4n) is 2.70. The molecule has 1 heterocycles. The van der Waals surface area contributed by atoms with E-state index in [2.05, 4.69) is 5.32 Å². The lowest BCUT2D eigenvalue weighted by Gasteiger charge is -2.20. The molecule has 5 nitrogen and oxygen atoms in total. The minimum Gasteiger partial charge on any atom is -0.493 e. The molecule has 23 heavy (non-hydrogen) atoms. The molecule has 1 aromatic carbocycles. The Balaban J connectivity index is 1.89. The molecule has 1 aliphatic rings. The SMILES string of the molecule is CCS(=O)(=O)N(C)CCCN[C@H]1CCCOc2cc(F)ccc21. The van der Waals surface area contributed by atoms with E-state index in [0.717, 1.165) is 24.8 Å². The van der Waals surface area contributed by atoms with Gasteiger partial charge < -0.3 is 10.1 Å². The van der Waals surface area contributed by atoms with E-state index in [1.165, 1.54) is 16.4 Å². The molecular formula is C16H25FN2O3S. The van der Waals surface area contributed by atoms with Gasteiger partial charge >= 0.3 is 0 Å². The quantitative estimate of drug-likeness (QED) is 0.771. The smallest absolute Gasteiger partial charge is 0.213 e. The van der Waals surface area contributed by atoms with Crippen molar-refractivity contribution in [1.82, 2.24) is 9.62 Å². The summed E-state index contributed by atoms with van der Waals surface area (Å²) >= 11 is 0. The Morgan fingerprint density at radius 1 is 1.43 bits per heavy atom. The van der Waals surface area contributed by atoms with Crippen LogP contribution < -0.4 is 10.1 Å². The number of rotatable bonds is 7. The normalized spacial score (nSPS) is 18.3. The molecule has 7 heteroatoms. The summed E-state index contributed by atoms with van der Waals surface area (Å²) in [4.78, 5) is 0. The summed E-state index contributed by atoms with van der Waals surface area (Å²) in [6, 6.07) is 4.75. The molecule has 2 rings (SSSR count). The van der Waals surface area contributed by atoms with Crippen LogP contribution in [0.3, 0.4) is 0 Å². The lowest BCUT2D eigenvalue weighted by molar-refractivity contribution is 0.313. The number of sulfonamides is 1. The predicted octanol–water partition coefficient (Wildman–Crippen LogP) is 2.30. The zero-order valence-electron chi connectivity index (χ0n) is 13.7. The fraction of sp³-hybridized carbons (Fsp3) is 0.625. The maximum atomic E-state index is 13.3. The van der Waals surface area contributed by atoms with E-state index in [9.17, 15) is 12.8 Å². The van der Waals surface area contributed by atoms with Crippen molar-refractivity contribution < 1.29 is 17.5 Å². The summed E-state index contributed by atoms with van der Waals surface area (Å²) in [6.07, 6.45) is 2.55. The Labute approximate surface area is 137 Å². The largest absolute Gasteiger partial charge is 0.493 e. The lowest BCUT2D eigenvalue weighted by atomic mass is 10.0. The molecule has 1 aliphatic heterocycles. The van der Waals surface area contributed by atoms with Crippen LogP contribution in [0.5, 0.6) is 5.75 Å². The van der Waals surface area contributed by atoms with Gasteiger partial charge in [-0.2, -0.15) is 0 Å². The maximum absolute atomic E-state index is 13.3. The van der Waals surface area contributed by atoms with Crippen LogP contribution in [-0.4, -0.2) is 45.2 Å². The first kappa shape index (κ1) is 18.2. The van der Waals surface area contributed by atoms with E-state index in [1.807, 2.05) is 0 Å². The van der Waals surface area contributed by atoms with E-state index in [4.69, 9.17) is 4.74 Å². The summed E-state index contributed by atoms with van der Waals surface area (Å²) in [7, 11) is -1.51. The number of nitrogens with zero attached hydrogens (tertiary/aromatic N) is 1. The molecule has 0 bridgehead atoms. The van der Waals surface area contributed by atoms with Gasteiger partial charge in [0.05, 0.1) is 12.4 Å². The molecule has 0 saturated carbocycles. The number of nitrogens with one attached hydrogen (secondary N) is 1. The average Bonchev–Trinajstić information content (AvgIpc) is 2.73. The number of ether oxygens (including phenoxy) is 1. The molecule has 1 atom stereocenters. The first-order valence-electron chi connectivity index (χ1n) is 8.03. The summed E-state index contributed by atoms with van der Waals surface area (Å²) < 4.78 is 43.7. The molecule has 0 radical (unpaired) electrons. The molecule has 130 valence electrons. The van der Waals surface area contributed by atoms with Crippen molar-refractivity contribution in [1.29, 1.82) is 0 Å². The van der Waals surface area contributed by atoms with Gasteiger partial charge in [-0.25, -0.2) is 17.1 Å². The average molecular weight is 344 g/mol. The highest BCUT2D eigenvalue weighted by atomic mass is 32.2. The molecule has 0 aliphatic carbocycles. The third-order valence-electron chi connectivity index (χ3n) is 4.13. The van der Waals surface area contributed by atoms with E-state index < -0.39 is 10.0 Å². The second-order valence-corrected chi connectivity index (χ2v) is 8.12. The van der Waals surface area contributed by atoms with Crippen molar-refractivity contribution in [2.24, 2.45) is 0 Å². The van der Waals surface area contributed by atoms with Gasteiger partial charge in [-0.05, 0) is 38.8 Å². The van der Waals surface area contributed by atoms with Crippen LogP contribution in [0, 0.1) is 5.82 Å². The first-order chi connectivity index (χ1) is 10.9. The molecule has 0 saturated heterocycles. The monoisotopic (exact) mass is 344 g/mol. The number of halogens is 1. The van der Waals surface area contributed by atoms with Crippen molar-refractivity contribution in [2.45, 2.75) is 32.2 Å². The summed E-state index contributed by atoms with van der Waals surface area (Å²) in [5.41, 5.74) is 0.971. The van der Waals surface area contributed by atoms with Crippen LogP contribution in [0.25, 0.3) is 0 Å². The Morgan fingerprint density at radius 2 is 2.22 bits per heavy atom. The first-order valence-corrected chi connectivity index (χ1v) is 9.64. The van der Waals surface area contributed by atoms with Crippen molar-refractivity contribution >= 4 is 10.0 Å². The molecule has 0 amide bonds. The molecule has 1 N–H and O–H groups in total. The summed E-state index contributed by atoms with van der Waals surface area (Å²) in [6.45, 7) is 3.42. The highest BCUT2D eigenvalue weighted by Crippen LogP contribution is 2.31. The molecule has 0 aromatic heterocycles. The number of fused-ring (bicyclic) bond motifs is 1. The predicted molar refractivity (Wildman–Crippen MR) is 88.6 cm³/mol. The summed E-state index contributed by atoms with van der Waals surface area (Å²) in [5, 5.41) is 3.44. The highest BCUT2D eigenvalue weighted by molar-refractivity contribution is 7.89. The van der Waals surface area contributed by atoms with E-state index in [0.29, 0.717) is 25.4 Å². The van der Waals surface area contributed by atoms with Gasteiger partial charge in [0, 0.05) is 31.3 Å². The minimum absolute atomic E-state index is 0.112. The second kappa shape index (κ2) is 8.08. The van der Waals surface area contributed by atoms with Crippen LogP contribution in [0.1, 0.15) is 37.8 Å². The van der Waals surface area contributed by atoms with Crippen molar-refractivity contribution in [3.63, 3.8) is 0 Å². The van der Waals surface area contributed by atoms with E-state index in [-0.39, 0.29) is 17.6 Å². The standard InChI is InChI=1S/C16H25FN2O3S/c1-3-23(20,21)19(2)10-5-9-18-15-6-4-11-22-16-12-13(17)7-8-14(15)16/h7-8,12,15,18H,3-6,9-11H2,1-2H3/t15-/m0/s1. The van der Waals surface area contributed by atoms with Gasteiger partial charge in [0.15, 0.2) is 0 Å². The van der Waals surface area contributed by atoms with Crippen molar-refractivity contribution in [2.75, 3.05) is 32.5 Å². The van der Waals surface area contributed by atoms with Gasteiger partial charge in [-0.1, -0.05) is 6.07 Å². The maximum Gasteiger partial charge on any atom is 0.213 e. The van der Waals surface area contributed by atoms with Crippen LogP contribution in [-0.2, 0) is 10.0 Å². The van der Waals surface area contributed by atoms with Crippen LogP contribution in [0.15, 0.2) is 18.2 Å². The minimum atomic E-state index is -3.12. The van der Waals surface area contributed by atoms with Crippen LogP contribution >= 0.6 is 0 Å². The van der Waals surface area contributed by atoms with Crippen LogP contribution in [0.4, 0.5) is 4.39 Å². The Hall–Kier alpha value is -1.18. The fourth-order valence-corrected chi connectivity index (χ4v) is 3.54. The molecule has 0 unspecified atom stereocenters. The molecule has 0 spiro atoms. The van der Waals surface area contributed by atoms with Crippen molar-refractivity contribution in [3.05, 3.63) is 29.6 Å². The number of hydrogen-bond donors (Lipinski definition) is 1. The number of hydrogen-bond acceptors (Lipinski definition) is 4.